The average Bonchev–Trinajstić information content (AvgIpc) is 3.25. The Morgan fingerprint density at radius 2 is 1.94 bits per heavy atom. The van der Waals surface area contributed by atoms with E-state index in [1.54, 1.807) is 0 Å². The molecule has 0 radical (unpaired) electrons. The zero-order valence-electron chi connectivity index (χ0n) is 10.6. The quantitative estimate of drug-likeness (QED) is 0.888. The standard InChI is InChI=1S/C15H18N2S/c1-9-3-2-4-12-13(9)16-15(18-12)17-14(10-5-6-10)11-7-8-11/h2-4,10-11,14H,5-8H2,1H3,(H,16,17). The number of hydrogen-bond acceptors (Lipinski definition) is 3. The van der Waals surface area contributed by atoms with E-state index in [0.717, 1.165) is 17.0 Å². The van der Waals surface area contributed by atoms with Crippen molar-refractivity contribution in [1.29, 1.82) is 0 Å². The molecule has 0 bridgehead atoms. The molecule has 3 heteroatoms. The Morgan fingerprint density at radius 1 is 1.22 bits per heavy atom. The maximum Gasteiger partial charge on any atom is 0.184 e. The Kier molecular flexibility index (Phi) is 2.37. The maximum absolute atomic E-state index is 4.78. The van der Waals surface area contributed by atoms with E-state index >= 15 is 0 Å². The molecule has 18 heavy (non-hydrogen) atoms. The Bertz CT molecular complexity index is 569. The number of fused-ring (bicyclic) bond motifs is 1. The summed E-state index contributed by atoms with van der Waals surface area (Å²) in [4.78, 5) is 4.78. The largest absolute Gasteiger partial charge is 0.358 e. The van der Waals surface area contributed by atoms with Gasteiger partial charge in [0.2, 0.25) is 0 Å². The van der Waals surface area contributed by atoms with Gasteiger partial charge in [0.05, 0.1) is 10.2 Å². The van der Waals surface area contributed by atoms with Crippen LogP contribution in [0.5, 0.6) is 0 Å². The number of aromatic nitrogens is 1. The molecular weight excluding hydrogens is 240 g/mol. The van der Waals surface area contributed by atoms with Crippen LogP contribution in [0, 0.1) is 18.8 Å². The molecule has 2 fully saturated rings. The van der Waals surface area contributed by atoms with Gasteiger partial charge in [-0.05, 0) is 56.1 Å². The second-order valence-corrected chi connectivity index (χ2v) is 6.82. The highest BCUT2D eigenvalue weighted by molar-refractivity contribution is 7.22. The first kappa shape index (κ1) is 10.8. The second-order valence-electron chi connectivity index (χ2n) is 5.79. The molecule has 0 amide bonds. The molecule has 94 valence electrons. The first-order valence-electron chi connectivity index (χ1n) is 6.94. The van der Waals surface area contributed by atoms with Crippen LogP contribution in [0.1, 0.15) is 31.2 Å². The third-order valence-corrected chi connectivity index (χ3v) is 5.12. The Balaban J connectivity index is 1.63. The van der Waals surface area contributed by atoms with Gasteiger partial charge in [0.25, 0.3) is 0 Å². The third kappa shape index (κ3) is 1.91. The normalized spacial score (nSPS) is 19.7. The molecule has 4 rings (SSSR count). The lowest BCUT2D eigenvalue weighted by atomic mass is 10.1. The molecule has 0 aliphatic heterocycles. The molecule has 1 heterocycles. The molecule has 2 aliphatic rings. The number of rotatable bonds is 4. The van der Waals surface area contributed by atoms with Crippen LogP contribution in [0.4, 0.5) is 5.13 Å². The number of benzene rings is 1. The van der Waals surface area contributed by atoms with Crippen molar-refractivity contribution in [2.75, 3.05) is 5.32 Å². The van der Waals surface area contributed by atoms with Crippen LogP contribution in [-0.4, -0.2) is 11.0 Å². The van der Waals surface area contributed by atoms with E-state index in [1.807, 2.05) is 11.3 Å². The average molecular weight is 258 g/mol. The molecule has 2 aliphatic carbocycles. The number of para-hydroxylation sites is 1. The van der Waals surface area contributed by atoms with Gasteiger partial charge in [-0.1, -0.05) is 23.5 Å². The van der Waals surface area contributed by atoms with Crippen LogP contribution in [0.25, 0.3) is 10.2 Å². The van der Waals surface area contributed by atoms with Crippen LogP contribution >= 0.6 is 11.3 Å². The highest BCUT2D eigenvalue weighted by atomic mass is 32.1. The fraction of sp³-hybridized carbons (Fsp3) is 0.533. The van der Waals surface area contributed by atoms with Gasteiger partial charge in [-0.25, -0.2) is 4.98 Å². The topological polar surface area (TPSA) is 24.9 Å². The van der Waals surface area contributed by atoms with Gasteiger partial charge in [0.1, 0.15) is 0 Å². The van der Waals surface area contributed by atoms with Gasteiger partial charge in [-0.3, -0.25) is 0 Å². The minimum absolute atomic E-state index is 0.700. The molecule has 1 aromatic carbocycles. The summed E-state index contributed by atoms with van der Waals surface area (Å²) in [5.74, 6) is 1.84. The first-order valence-corrected chi connectivity index (χ1v) is 7.75. The Hall–Kier alpha value is -1.09. The lowest BCUT2D eigenvalue weighted by Gasteiger charge is -2.16. The van der Waals surface area contributed by atoms with E-state index in [9.17, 15) is 0 Å². The highest BCUT2D eigenvalue weighted by Crippen LogP contribution is 2.46. The predicted octanol–water partition coefficient (Wildman–Crippen LogP) is 4.21. The van der Waals surface area contributed by atoms with E-state index in [2.05, 4.69) is 30.4 Å². The number of nitrogens with zero attached hydrogens (tertiary/aromatic N) is 1. The molecule has 2 nitrogen and oxygen atoms in total. The number of anilines is 1. The fourth-order valence-corrected chi connectivity index (χ4v) is 3.81. The Morgan fingerprint density at radius 3 is 2.56 bits per heavy atom. The zero-order valence-corrected chi connectivity index (χ0v) is 11.5. The van der Waals surface area contributed by atoms with Crippen LogP contribution < -0.4 is 5.32 Å². The van der Waals surface area contributed by atoms with E-state index in [4.69, 9.17) is 4.98 Å². The van der Waals surface area contributed by atoms with Crippen molar-refractivity contribution in [3.8, 4) is 0 Å². The van der Waals surface area contributed by atoms with Gasteiger partial charge in [0, 0.05) is 6.04 Å². The first-order chi connectivity index (χ1) is 8.81. The van der Waals surface area contributed by atoms with Crippen molar-refractivity contribution in [3.63, 3.8) is 0 Å². The predicted molar refractivity (Wildman–Crippen MR) is 77.2 cm³/mol. The monoisotopic (exact) mass is 258 g/mol. The smallest absolute Gasteiger partial charge is 0.184 e. The van der Waals surface area contributed by atoms with Crippen LogP contribution in [0.15, 0.2) is 18.2 Å². The summed E-state index contributed by atoms with van der Waals surface area (Å²) in [5, 5.41) is 4.85. The number of aryl methyl sites for hydroxylation is 1. The highest BCUT2D eigenvalue weighted by Gasteiger charge is 2.41. The van der Waals surface area contributed by atoms with Gasteiger partial charge < -0.3 is 5.32 Å². The van der Waals surface area contributed by atoms with Gasteiger partial charge in [-0.15, -0.1) is 0 Å². The number of nitrogens with one attached hydrogen (secondary N) is 1. The van der Waals surface area contributed by atoms with Crippen molar-refractivity contribution in [1.82, 2.24) is 4.98 Å². The van der Waals surface area contributed by atoms with Crippen molar-refractivity contribution in [2.45, 2.75) is 38.6 Å². The third-order valence-electron chi connectivity index (χ3n) is 4.17. The van der Waals surface area contributed by atoms with Gasteiger partial charge >= 0.3 is 0 Å². The molecule has 0 unspecified atom stereocenters. The van der Waals surface area contributed by atoms with E-state index in [1.165, 1.54) is 41.5 Å². The number of hydrogen-bond donors (Lipinski definition) is 1. The van der Waals surface area contributed by atoms with Gasteiger partial charge in [-0.2, -0.15) is 0 Å². The van der Waals surface area contributed by atoms with E-state index in [0.29, 0.717) is 6.04 Å². The summed E-state index contributed by atoms with van der Waals surface area (Å²) in [6, 6.07) is 7.14. The molecule has 0 atom stereocenters. The summed E-state index contributed by atoms with van der Waals surface area (Å²) >= 11 is 1.81. The molecule has 1 aromatic heterocycles. The molecule has 1 N–H and O–H groups in total. The summed E-state index contributed by atoms with van der Waals surface area (Å²) in [7, 11) is 0. The van der Waals surface area contributed by atoms with E-state index in [-0.39, 0.29) is 0 Å². The molecule has 0 saturated heterocycles. The summed E-state index contributed by atoms with van der Waals surface area (Å²) in [6.07, 6.45) is 5.66. The maximum atomic E-state index is 4.78. The summed E-state index contributed by atoms with van der Waals surface area (Å²) in [6.45, 7) is 2.14. The summed E-state index contributed by atoms with van der Waals surface area (Å²) < 4.78 is 1.31. The lowest BCUT2D eigenvalue weighted by molar-refractivity contribution is 0.567. The molecule has 0 spiro atoms. The number of thiazole rings is 1. The summed E-state index contributed by atoms with van der Waals surface area (Å²) in [5.41, 5.74) is 2.46. The molecule has 2 aromatic rings. The van der Waals surface area contributed by atoms with Gasteiger partial charge in [0.15, 0.2) is 5.13 Å². The van der Waals surface area contributed by atoms with Crippen molar-refractivity contribution < 1.29 is 0 Å². The molecule has 2 saturated carbocycles. The van der Waals surface area contributed by atoms with E-state index < -0.39 is 0 Å². The van der Waals surface area contributed by atoms with Crippen LogP contribution in [0.3, 0.4) is 0 Å². The minimum Gasteiger partial charge on any atom is -0.358 e. The van der Waals surface area contributed by atoms with Crippen LogP contribution in [-0.2, 0) is 0 Å². The molecular formula is C15H18N2S. The van der Waals surface area contributed by atoms with Crippen molar-refractivity contribution >= 4 is 26.7 Å². The zero-order chi connectivity index (χ0) is 12.1. The van der Waals surface area contributed by atoms with Crippen LogP contribution in [0.2, 0.25) is 0 Å². The lowest BCUT2D eigenvalue weighted by Crippen LogP contribution is -2.23. The van der Waals surface area contributed by atoms with Crippen molar-refractivity contribution in [2.24, 2.45) is 11.8 Å². The Labute approximate surface area is 111 Å². The fourth-order valence-electron chi connectivity index (χ4n) is 2.82. The second kappa shape index (κ2) is 3.95. The minimum atomic E-state index is 0.700. The SMILES string of the molecule is Cc1cccc2sc(NC(C3CC3)C3CC3)nc12. The van der Waals surface area contributed by atoms with Crippen molar-refractivity contribution in [3.05, 3.63) is 23.8 Å².